The number of carboxylic acids is 1. The zero-order chi connectivity index (χ0) is 27.1. The van der Waals surface area contributed by atoms with Crippen LogP contribution < -0.4 is 10.0 Å². The van der Waals surface area contributed by atoms with Crippen molar-refractivity contribution in [3.63, 3.8) is 0 Å². The first-order valence-corrected chi connectivity index (χ1v) is 13.7. The van der Waals surface area contributed by atoms with Gasteiger partial charge in [0.25, 0.3) is 0 Å². The molecular weight excluding hydrogens is 464 g/mol. The second-order valence-corrected chi connectivity index (χ2v) is 9.20. The maximum Gasteiger partial charge on any atom is 0.309 e. The Morgan fingerprint density at radius 3 is 2.05 bits per heavy atom. The topological polar surface area (TPSA) is 83.2 Å². The van der Waals surface area contributed by atoms with Crippen LogP contribution in [-0.2, 0) is 14.3 Å². The SMILES string of the molecule is CC/C=C\C/C=C\C/C=C\C/C=C\C/C=C\CCCC(=O)[O-].CC[C@@H]1C(=O)OC[C@@H]1CC1=CN=C[NH+]1C. The molecule has 0 aromatic carbocycles. The fourth-order valence-corrected chi connectivity index (χ4v) is 3.96. The molecule has 0 radical (unpaired) electrons. The number of nitrogens with zero attached hydrogens (tertiary/aromatic N) is 1. The third-order valence-corrected chi connectivity index (χ3v) is 6.15. The van der Waals surface area contributed by atoms with Crippen molar-refractivity contribution in [1.29, 1.82) is 0 Å². The molecule has 204 valence electrons. The third-order valence-electron chi connectivity index (χ3n) is 6.15. The van der Waals surface area contributed by atoms with E-state index in [1.54, 1.807) is 0 Å². The Balaban J connectivity index is 0.000000394. The summed E-state index contributed by atoms with van der Waals surface area (Å²) in [6, 6.07) is 0. The van der Waals surface area contributed by atoms with Gasteiger partial charge in [0.05, 0.1) is 25.8 Å². The van der Waals surface area contributed by atoms with Crippen LogP contribution in [0, 0.1) is 11.8 Å². The van der Waals surface area contributed by atoms with Crippen molar-refractivity contribution < 1.29 is 24.3 Å². The van der Waals surface area contributed by atoms with E-state index < -0.39 is 5.97 Å². The number of quaternary nitrogens is 1. The summed E-state index contributed by atoms with van der Waals surface area (Å²) < 4.78 is 5.10. The van der Waals surface area contributed by atoms with Gasteiger partial charge in [-0.1, -0.05) is 74.6 Å². The summed E-state index contributed by atoms with van der Waals surface area (Å²) in [5.74, 6) is -0.572. The molecule has 6 nitrogen and oxygen atoms in total. The van der Waals surface area contributed by atoms with Crippen molar-refractivity contribution in [2.75, 3.05) is 13.7 Å². The highest BCUT2D eigenvalue weighted by atomic mass is 16.5. The molecule has 2 rings (SSSR count). The molecule has 0 bridgehead atoms. The average molecular weight is 511 g/mol. The van der Waals surface area contributed by atoms with E-state index in [0.717, 1.165) is 51.4 Å². The van der Waals surface area contributed by atoms with E-state index in [4.69, 9.17) is 4.74 Å². The van der Waals surface area contributed by atoms with E-state index in [2.05, 4.69) is 73.6 Å². The molecule has 0 amide bonds. The molecule has 1 saturated heterocycles. The summed E-state index contributed by atoms with van der Waals surface area (Å²) in [5.41, 5.74) is 1.25. The van der Waals surface area contributed by atoms with Crippen LogP contribution >= 0.6 is 0 Å². The predicted molar refractivity (Wildman–Crippen MR) is 150 cm³/mol. The lowest BCUT2D eigenvalue weighted by Crippen LogP contribution is -3.05. The molecule has 2 heterocycles. The number of carbonyl (C=O) groups is 2. The predicted octanol–water partition coefficient (Wildman–Crippen LogP) is 4.63. The maximum absolute atomic E-state index is 11.4. The first-order chi connectivity index (χ1) is 18.0. The second kappa shape index (κ2) is 21.1. The summed E-state index contributed by atoms with van der Waals surface area (Å²) in [7, 11) is 2.06. The highest BCUT2D eigenvalue weighted by molar-refractivity contribution is 5.74. The van der Waals surface area contributed by atoms with Gasteiger partial charge in [-0.3, -0.25) is 9.69 Å². The van der Waals surface area contributed by atoms with Gasteiger partial charge in [-0.15, -0.1) is 0 Å². The molecular formula is C31H46N2O4. The monoisotopic (exact) mass is 510 g/mol. The molecule has 2 aliphatic rings. The summed E-state index contributed by atoms with van der Waals surface area (Å²) in [6.45, 7) is 4.76. The zero-order valence-corrected chi connectivity index (χ0v) is 22.9. The average Bonchev–Trinajstić information content (AvgIpc) is 3.45. The van der Waals surface area contributed by atoms with E-state index >= 15 is 0 Å². The number of aliphatic carboxylic acids is 1. The van der Waals surface area contributed by atoms with Crippen LogP contribution in [0.25, 0.3) is 0 Å². The zero-order valence-electron chi connectivity index (χ0n) is 22.9. The van der Waals surface area contributed by atoms with Crippen molar-refractivity contribution in [3.8, 4) is 0 Å². The van der Waals surface area contributed by atoms with Gasteiger partial charge in [-0.25, -0.2) is 4.99 Å². The first-order valence-electron chi connectivity index (χ1n) is 13.7. The van der Waals surface area contributed by atoms with E-state index in [-0.39, 0.29) is 18.3 Å². The number of aliphatic imine (C=N–C) groups is 1. The highest BCUT2D eigenvalue weighted by Gasteiger charge is 2.37. The number of hydrogen-bond acceptors (Lipinski definition) is 5. The number of allylic oxidation sites excluding steroid dienone is 11. The Kier molecular flexibility index (Phi) is 18.3. The highest BCUT2D eigenvalue weighted by Crippen LogP contribution is 2.29. The number of unbranched alkanes of at least 4 members (excludes halogenated alkanes) is 1. The molecule has 1 N–H and O–H groups in total. The van der Waals surface area contributed by atoms with Crippen LogP contribution in [0.2, 0.25) is 0 Å². The van der Waals surface area contributed by atoms with Gasteiger partial charge < -0.3 is 14.6 Å². The van der Waals surface area contributed by atoms with E-state index in [0.29, 0.717) is 18.9 Å². The second-order valence-electron chi connectivity index (χ2n) is 9.20. The summed E-state index contributed by atoms with van der Waals surface area (Å²) >= 11 is 0. The molecule has 2 aliphatic heterocycles. The molecule has 1 fully saturated rings. The van der Waals surface area contributed by atoms with Gasteiger partial charge >= 0.3 is 5.97 Å². The first kappa shape index (κ1) is 32.0. The van der Waals surface area contributed by atoms with E-state index in [9.17, 15) is 14.7 Å². The minimum absolute atomic E-state index is 0.0281. The Labute approximate surface area is 223 Å². The molecule has 37 heavy (non-hydrogen) atoms. The minimum Gasteiger partial charge on any atom is -0.550 e. The van der Waals surface area contributed by atoms with Crippen LogP contribution in [0.4, 0.5) is 0 Å². The normalized spacial score (nSPS) is 21.5. The Morgan fingerprint density at radius 1 is 1.00 bits per heavy atom. The molecule has 0 saturated carbocycles. The van der Waals surface area contributed by atoms with Crippen molar-refractivity contribution in [1.82, 2.24) is 0 Å². The lowest BCUT2D eigenvalue weighted by atomic mass is 9.89. The van der Waals surface area contributed by atoms with E-state index in [1.807, 2.05) is 25.5 Å². The summed E-state index contributed by atoms with van der Waals surface area (Å²) in [6.07, 6.45) is 33.6. The number of cyclic esters (lactones) is 1. The van der Waals surface area contributed by atoms with Gasteiger partial charge in [0.15, 0.2) is 6.34 Å². The Hall–Kier alpha value is -2.99. The van der Waals surface area contributed by atoms with Crippen LogP contribution in [0.1, 0.15) is 78.1 Å². The van der Waals surface area contributed by atoms with Gasteiger partial charge in [0.2, 0.25) is 0 Å². The van der Waals surface area contributed by atoms with Crippen molar-refractivity contribution >= 4 is 18.3 Å². The van der Waals surface area contributed by atoms with Crippen molar-refractivity contribution in [3.05, 3.63) is 72.7 Å². The molecule has 3 atom stereocenters. The van der Waals surface area contributed by atoms with Crippen molar-refractivity contribution in [2.45, 2.75) is 78.1 Å². The lowest BCUT2D eigenvalue weighted by Gasteiger charge is -2.14. The molecule has 0 aromatic rings. The van der Waals surface area contributed by atoms with Crippen LogP contribution in [0.5, 0.6) is 0 Å². The van der Waals surface area contributed by atoms with Gasteiger partial charge in [0, 0.05) is 18.3 Å². The van der Waals surface area contributed by atoms with Gasteiger partial charge in [-0.05, 0) is 57.8 Å². The van der Waals surface area contributed by atoms with E-state index in [1.165, 1.54) is 10.6 Å². The number of carbonyl (C=O) groups excluding carboxylic acids is 2. The smallest absolute Gasteiger partial charge is 0.309 e. The van der Waals surface area contributed by atoms with Crippen LogP contribution in [0.3, 0.4) is 0 Å². The Morgan fingerprint density at radius 2 is 1.57 bits per heavy atom. The summed E-state index contributed by atoms with van der Waals surface area (Å²) in [4.78, 5) is 26.9. The van der Waals surface area contributed by atoms with Gasteiger partial charge in [0.1, 0.15) is 5.70 Å². The molecule has 0 spiro atoms. The number of nitrogens with one attached hydrogen (secondary N) is 1. The molecule has 0 aromatic heterocycles. The number of esters is 1. The van der Waals surface area contributed by atoms with Crippen LogP contribution in [0.15, 0.2) is 77.6 Å². The number of ether oxygens (including phenoxy) is 1. The molecule has 6 heteroatoms. The maximum atomic E-state index is 11.4. The quantitative estimate of drug-likeness (QED) is 0.186. The third kappa shape index (κ3) is 15.7. The minimum atomic E-state index is -0.965. The summed E-state index contributed by atoms with van der Waals surface area (Å²) in [5, 5.41) is 10.2. The number of hydrogen-bond donors (Lipinski definition) is 1. The Bertz CT molecular complexity index is 864. The van der Waals surface area contributed by atoms with Gasteiger partial charge in [-0.2, -0.15) is 0 Å². The number of rotatable bonds is 16. The van der Waals surface area contributed by atoms with Crippen molar-refractivity contribution in [2.24, 2.45) is 16.8 Å². The largest absolute Gasteiger partial charge is 0.550 e. The van der Waals surface area contributed by atoms with Crippen LogP contribution in [-0.4, -0.2) is 31.9 Å². The number of carboxylic acid groups (broad SMARTS) is 1. The fraction of sp³-hybridized carbons (Fsp3) is 0.516. The fourth-order valence-electron chi connectivity index (χ4n) is 3.96. The standard InChI is InChI=1S/C20H30O2.C11H16N2O2/c1-2-3-4-5-6-7-8-9-10-11-12-13-14-15-16-17-18-19-20(21)22;1-3-10-8(6-15-11(10)14)4-9-5-12-7-13(9)2/h3-4,6-7,9-10,12-13,15-16H,2,5,8,11,14,17-19H2,1H3,(H,21,22);5,7-8,10H,3-4,6H2,1-2H3/b4-3-,7-6-,10-9-,13-12-,16-15-;/t;8-,10-/m.0/s1. The molecule has 0 aliphatic carbocycles. The lowest BCUT2D eigenvalue weighted by molar-refractivity contribution is -0.729. The molecule has 1 unspecified atom stereocenters.